The summed E-state index contributed by atoms with van der Waals surface area (Å²) in [5.74, 6) is -1.75. The molecule has 6 heteroatoms. The van der Waals surface area contributed by atoms with Crippen LogP contribution in [0.4, 0.5) is 5.69 Å². The number of carbonyl (C=O) groups excluding carboxylic acids is 2. The van der Waals surface area contributed by atoms with Crippen LogP contribution >= 0.6 is 0 Å². The van der Waals surface area contributed by atoms with Gasteiger partial charge in [-0.05, 0) is 18.2 Å². The molecule has 0 saturated heterocycles. The summed E-state index contributed by atoms with van der Waals surface area (Å²) < 4.78 is 4.30. The molecule has 1 aromatic carbocycles. The van der Waals surface area contributed by atoms with Crippen LogP contribution in [-0.4, -0.2) is 29.0 Å². The first-order valence-electron chi connectivity index (χ1n) is 4.80. The third-order valence-corrected chi connectivity index (χ3v) is 2.13. The van der Waals surface area contributed by atoms with Gasteiger partial charge >= 0.3 is 11.9 Å². The number of esters is 1. The fourth-order valence-corrected chi connectivity index (χ4v) is 1.34. The van der Waals surface area contributed by atoms with Crippen LogP contribution in [0, 0.1) is 0 Å². The fourth-order valence-electron chi connectivity index (χ4n) is 1.34. The Labute approximate surface area is 96.6 Å². The van der Waals surface area contributed by atoms with Crippen molar-refractivity contribution in [2.75, 3.05) is 12.4 Å². The molecule has 86 valence electrons. The highest BCUT2D eigenvalue weighted by Gasteiger charge is 2.13. The Morgan fingerprint density at radius 2 is 2.18 bits per heavy atom. The molecule has 1 aromatic heterocycles. The van der Waals surface area contributed by atoms with Crippen LogP contribution in [0.15, 0.2) is 30.7 Å². The Bertz CT molecular complexity index is 583. The first kappa shape index (κ1) is 11.0. The summed E-state index contributed by atoms with van der Waals surface area (Å²) in [6, 6.07) is 5.05. The van der Waals surface area contributed by atoms with E-state index in [1.807, 2.05) is 0 Å². The number of ether oxygens (including phenoxy) is 1. The zero-order chi connectivity index (χ0) is 12.3. The molecular weight excluding hydrogens is 222 g/mol. The summed E-state index contributed by atoms with van der Waals surface area (Å²) in [6.07, 6.45) is 3.06. The molecule has 1 amide bonds. The van der Waals surface area contributed by atoms with Gasteiger partial charge in [-0.1, -0.05) is 0 Å². The number of methoxy groups -OCH3 is 1. The van der Waals surface area contributed by atoms with Gasteiger partial charge in [0.25, 0.3) is 0 Å². The molecule has 1 N–H and O–H groups in total. The Balaban J connectivity index is 2.25. The van der Waals surface area contributed by atoms with Crippen molar-refractivity contribution in [3.8, 4) is 0 Å². The Hall–Kier alpha value is -2.50. The average molecular weight is 231 g/mol. The number of amides is 1. The Morgan fingerprint density at radius 1 is 1.35 bits per heavy atom. The van der Waals surface area contributed by atoms with Crippen molar-refractivity contribution < 1.29 is 14.3 Å². The van der Waals surface area contributed by atoms with Gasteiger partial charge in [0.2, 0.25) is 0 Å². The smallest absolute Gasteiger partial charge is 0.396 e. The van der Waals surface area contributed by atoms with Crippen molar-refractivity contribution >= 4 is 28.5 Å². The highest BCUT2D eigenvalue weighted by atomic mass is 16.5. The van der Waals surface area contributed by atoms with E-state index >= 15 is 0 Å². The lowest BCUT2D eigenvalue weighted by Gasteiger charge is -2.04. The fraction of sp³-hybridized carbons (Fsp3) is 0.0909. The zero-order valence-electron chi connectivity index (χ0n) is 9.01. The van der Waals surface area contributed by atoms with E-state index in [1.165, 1.54) is 6.33 Å². The summed E-state index contributed by atoms with van der Waals surface area (Å²) in [5.41, 5.74) is 1.25. The highest BCUT2D eigenvalue weighted by molar-refractivity contribution is 6.37. The monoisotopic (exact) mass is 231 g/mol. The van der Waals surface area contributed by atoms with Crippen LogP contribution in [0.1, 0.15) is 0 Å². The van der Waals surface area contributed by atoms with Crippen molar-refractivity contribution in [1.29, 1.82) is 0 Å². The van der Waals surface area contributed by atoms with Gasteiger partial charge in [-0.2, -0.15) is 0 Å². The first-order valence-corrected chi connectivity index (χ1v) is 4.80. The van der Waals surface area contributed by atoms with E-state index in [-0.39, 0.29) is 0 Å². The minimum absolute atomic E-state index is 0.489. The van der Waals surface area contributed by atoms with Gasteiger partial charge in [0.05, 0.1) is 12.6 Å². The van der Waals surface area contributed by atoms with E-state index in [0.29, 0.717) is 5.69 Å². The molecule has 0 unspecified atom stereocenters. The maximum Gasteiger partial charge on any atom is 0.396 e. The minimum atomic E-state index is -0.936. The van der Waals surface area contributed by atoms with Crippen molar-refractivity contribution in [2.24, 2.45) is 0 Å². The molecule has 17 heavy (non-hydrogen) atoms. The lowest BCUT2D eigenvalue weighted by molar-refractivity contribution is -0.150. The average Bonchev–Trinajstić information content (AvgIpc) is 2.37. The van der Waals surface area contributed by atoms with Crippen molar-refractivity contribution in [2.45, 2.75) is 0 Å². The number of hydrogen-bond acceptors (Lipinski definition) is 5. The number of carbonyl (C=O) groups is 2. The van der Waals surface area contributed by atoms with E-state index in [0.717, 1.165) is 18.0 Å². The maximum atomic E-state index is 11.3. The largest absolute Gasteiger partial charge is 0.462 e. The summed E-state index contributed by atoms with van der Waals surface area (Å²) in [5, 5.41) is 3.19. The Morgan fingerprint density at radius 3 is 2.94 bits per heavy atom. The SMILES string of the molecule is COC(=O)C(=O)Nc1ccc2ncncc2c1. The molecule has 0 aliphatic rings. The van der Waals surface area contributed by atoms with E-state index in [1.54, 1.807) is 24.4 Å². The summed E-state index contributed by atoms with van der Waals surface area (Å²) >= 11 is 0. The second-order valence-corrected chi connectivity index (χ2v) is 3.24. The normalized spacial score (nSPS) is 9.94. The molecule has 0 saturated carbocycles. The third kappa shape index (κ3) is 2.36. The lowest BCUT2D eigenvalue weighted by atomic mass is 10.2. The zero-order valence-corrected chi connectivity index (χ0v) is 9.01. The van der Waals surface area contributed by atoms with E-state index in [4.69, 9.17) is 0 Å². The van der Waals surface area contributed by atoms with Crippen LogP contribution in [-0.2, 0) is 14.3 Å². The standard InChI is InChI=1S/C11H9N3O3/c1-17-11(16)10(15)14-8-2-3-9-7(4-8)5-12-6-13-9/h2-6H,1H3,(H,14,15). The topological polar surface area (TPSA) is 81.2 Å². The van der Waals surface area contributed by atoms with Gasteiger partial charge in [-0.25, -0.2) is 14.8 Å². The molecule has 6 nitrogen and oxygen atoms in total. The number of benzene rings is 1. The van der Waals surface area contributed by atoms with Crippen LogP contribution in [0.5, 0.6) is 0 Å². The maximum absolute atomic E-state index is 11.3. The van der Waals surface area contributed by atoms with Gasteiger partial charge in [-0.15, -0.1) is 0 Å². The summed E-state index contributed by atoms with van der Waals surface area (Å²) in [7, 11) is 1.15. The molecular formula is C11H9N3O3. The number of aromatic nitrogens is 2. The van der Waals surface area contributed by atoms with Gasteiger partial charge < -0.3 is 10.1 Å². The van der Waals surface area contributed by atoms with Gasteiger partial charge in [0, 0.05) is 17.3 Å². The van der Waals surface area contributed by atoms with Gasteiger partial charge in [-0.3, -0.25) is 4.79 Å². The van der Waals surface area contributed by atoms with Crippen LogP contribution in [0.2, 0.25) is 0 Å². The second-order valence-electron chi connectivity index (χ2n) is 3.24. The van der Waals surface area contributed by atoms with E-state index in [2.05, 4.69) is 20.0 Å². The summed E-state index contributed by atoms with van der Waals surface area (Å²) in [6.45, 7) is 0. The van der Waals surface area contributed by atoms with E-state index < -0.39 is 11.9 Å². The number of fused-ring (bicyclic) bond motifs is 1. The molecule has 2 aromatic rings. The lowest BCUT2D eigenvalue weighted by Crippen LogP contribution is -2.23. The molecule has 0 spiro atoms. The molecule has 2 rings (SSSR count). The number of nitrogens with one attached hydrogen (secondary N) is 1. The number of nitrogens with zero attached hydrogens (tertiary/aromatic N) is 2. The highest BCUT2D eigenvalue weighted by Crippen LogP contribution is 2.15. The van der Waals surface area contributed by atoms with Crippen LogP contribution in [0.25, 0.3) is 10.9 Å². The minimum Gasteiger partial charge on any atom is -0.462 e. The van der Waals surface area contributed by atoms with Crippen LogP contribution in [0.3, 0.4) is 0 Å². The quantitative estimate of drug-likeness (QED) is 0.578. The molecule has 0 bridgehead atoms. The predicted molar refractivity (Wildman–Crippen MR) is 60.2 cm³/mol. The van der Waals surface area contributed by atoms with Crippen molar-refractivity contribution in [3.63, 3.8) is 0 Å². The molecule has 0 atom stereocenters. The molecule has 0 aliphatic carbocycles. The molecule has 1 heterocycles. The first-order chi connectivity index (χ1) is 8.20. The molecule has 0 radical (unpaired) electrons. The Kier molecular flexibility index (Phi) is 2.95. The van der Waals surface area contributed by atoms with Crippen molar-refractivity contribution in [3.05, 3.63) is 30.7 Å². The molecule has 0 aliphatic heterocycles. The number of anilines is 1. The van der Waals surface area contributed by atoms with Crippen LogP contribution < -0.4 is 5.32 Å². The summed E-state index contributed by atoms with van der Waals surface area (Å²) in [4.78, 5) is 30.1. The molecule has 0 fully saturated rings. The number of hydrogen-bond donors (Lipinski definition) is 1. The van der Waals surface area contributed by atoms with E-state index in [9.17, 15) is 9.59 Å². The van der Waals surface area contributed by atoms with Crippen molar-refractivity contribution in [1.82, 2.24) is 9.97 Å². The second kappa shape index (κ2) is 4.56. The predicted octanol–water partition coefficient (Wildman–Crippen LogP) is 0.741. The number of rotatable bonds is 1. The van der Waals surface area contributed by atoms with Gasteiger partial charge in [0.1, 0.15) is 6.33 Å². The third-order valence-electron chi connectivity index (χ3n) is 2.13. The van der Waals surface area contributed by atoms with Gasteiger partial charge in [0.15, 0.2) is 0 Å².